The molecule has 21 heavy (non-hydrogen) atoms. The van der Waals surface area contributed by atoms with Crippen LogP contribution in [0.4, 0.5) is 5.69 Å². The minimum atomic E-state index is -3.12. The van der Waals surface area contributed by atoms with Crippen molar-refractivity contribution in [3.63, 3.8) is 0 Å². The van der Waals surface area contributed by atoms with E-state index in [4.69, 9.17) is 0 Å². The van der Waals surface area contributed by atoms with E-state index in [1.54, 1.807) is 24.3 Å². The Morgan fingerprint density at radius 1 is 1.33 bits per heavy atom. The molecule has 1 aromatic carbocycles. The van der Waals surface area contributed by atoms with Crippen LogP contribution in [0.25, 0.3) is 0 Å². The summed E-state index contributed by atoms with van der Waals surface area (Å²) in [5.74, 6) is -0.511. The number of rotatable bonds is 5. The summed E-state index contributed by atoms with van der Waals surface area (Å²) in [7, 11) is -3.12. The van der Waals surface area contributed by atoms with Crippen molar-refractivity contribution >= 4 is 27.3 Å². The predicted octanol–water partition coefficient (Wildman–Crippen LogP) is 0.343. The number of carbonyl (C=O) groups excluding carboxylic acids is 2. The van der Waals surface area contributed by atoms with Crippen LogP contribution in [0, 0.1) is 0 Å². The Bertz CT molecular complexity index is 628. The molecule has 0 bridgehead atoms. The van der Waals surface area contributed by atoms with Gasteiger partial charge in [0.1, 0.15) is 15.9 Å². The van der Waals surface area contributed by atoms with Crippen molar-refractivity contribution < 1.29 is 18.0 Å². The summed E-state index contributed by atoms with van der Waals surface area (Å²) in [6, 6.07) is 8.43. The van der Waals surface area contributed by atoms with Crippen LogP contribution in [0.2, 0.25) is 0 Å². The first-order chi connectivity index (χ1) is 9.88. The maximum atomic E-state index is 12.2. The molecule has 0 radical (unpaired) electrons. The van der Waals surface area contributed by atoms with E-state index < -0.39 is 15.9 Å². The fourth-order valence-electron chi connectivity index (χ4n) is 2.32. The molecule has 0 spiro atoms. The van der Waals surface area contributed by atoms with Crippen LogP contribution in [-0.4, -0.2) is 44.8 Å². The summed E-state index contributed by atoms with van der Waals surface area (Å²) < 4.78 is 22.1. The number of para-hydroxylation sites is 1. The third-order valence-corrected chi connectivity index (χ3v) is 4.27. The van der Waals surface area contributed by atoms with Gasteiger partial charge in [-0.3, -0.25) is 14.5 Å². The predicted molar refractivity (Wildman–Crippen MR) is 79.7 cm³/mol. The number of amides is 2. The van der Waals surface area contributed by atoms with E-state index in [2.05, 4.69) is 5.32 Å². The maximum absolute atomic E-state index is 12.2. The van der Waals surface area contributed by atoms with Gasteiger partial charge in [-0.05, 0) is 18.6 Å². The minimum absolute atomic E-state index is 0.0605. The van der Waals surface area contributed by atoms with E-state index in [0.717, 1.165) is 6.26 Å². The standard InChI is InChI=1S/C14H18N2O4S/c1-21(19,20)10-9-15-14(18)12-7-8-13(17)16(12)11-5-3-2-4-6-11/h2-6,12H,7-10H2,1H3,(H,15,18). The number of hydrogen-bond acceptors (Lipinski definition) is 4. The molecule has 2 rings (SSSR count). The van der Waals surface area contributed by atoms with Gasteiger partial charge >= 0.3 is 0 Å². The molecule has 1 fully saturated rings. The topological polar surface area (TPSA) is 83.5 Å². The molecule has 6 nitrogen and oxygen atoms in total. The van der Waals surface area contributed by atoms with Crippen molar-refractivity contribution in [2.75, 3.05) is 23.5 Å². The summed E-state index contributed by atoms with van der Waals surface area (Å²) in [5, 5.41) is 2.59. The minimum Gasteiger partial charge on any atom is -0.353 e. The van der Waals surface area contributed by atoms with Crippen LogP contribution in [0.15, 0.2) is 30.3 Å². The van der Waals surface area contributed by atoms with Crippen LogP contribution < -0.4 is 10.2 Å². The Labute approximate surface area is 124 Å². The molecule has 1 saturated heterocycles. The Morgan fingerprint density at radius 2 is 2.00 bits per heavy atom. The monoisotopic (exact) mass is 310 g/mol. The Balaban J connectivity index is 2.04. The average molecular weight is 310 g/mol. The Kier molecular flexibility index (Phi) is 4.62. The quantitative estimate of drug-likeness (QED) is 0.850. The van der Waals surface area contributed by atoms with Crippen molar-refractivity contribution in [2.24, 2.45) is 0 Å². The van der Waals surface area contributed by atoms with Crippen LogP contribution in [0.1, 0.15) is 12.8 Å². The summed E-state index contributed by atoms with van der Waals surface area (Å²) in [6.07, 6.45) is 1.88. The highest BCUT2D eigenvalue weighted by Gasteiger charge is 2.36. The van der Waals surface area contributed by atoms with Gasteiger partial charge in [-0.25, -0.2) is 8.42 Å². The normalized spacial score (nSPS) is 18.8. The number of anilines is 1. The lowest BCUT2D eigenvalue weighted by Gasteiger charge is -2.24. The van der Waals surface area contributed by atoms with Crippen molar-refractivity contribution in [3.8, 4) is 0 Å². The summed E-state index contributed by atoms with van der Waals surface area (Å²) in [6.45, 7) is 0.0605. The van der Waals surface area contributed by atoms with Crippen molar-refractivity contribution in [1.29, 1.82) is 0 Å². The fourth-order valence-corrected chi connectivity index (χ4v) is 2.79. The second-order valence-corrected chi connectivity index (χ2v) is 7.33. The highest BCUT2D eigenvalue weighted by Crippen LogP contribution is 2.26. The van der Waals surface area contributed by atoms with E-state index in [9.17, 15) is 18.0 Å². The van der Waals surface area contributed by atoms with E-state index in [1.807, 2.05) is 6.07 Å². The lowest BCUT2D eigenvalue weighted by molar-refractivity contribution is -0.123. The molecule has 0 aliphatic carbocycles. The molecule has 1 aromatic rings. The second kappa shape index (κ2) is 6.26. The van der Waals surface area contributed by atoms with Gasteiger partial charge in [-0.1, -0.05) is 18.2 Å². The van der Waals surface area contributed by atoms with Gasteiger partial charge in [0.05, 0.1) is 5.75 Å². The number of sulfone groups is 1. The zero-order chi connectivity index (χ0) is 15.5. The SMILES string of the molecule is CS(=O)(=O)CCNC(=O)C1CCC(=O)N1c1ccccc1. The van der Waals surface area contributed by atoms with Crippen molar-refractivity contribution in [2.45, 2.75) is 18.9 Å². The first-order valence-corrected chi connectivity index (χ1v) is 8.77. The largest absolute Gasteiger partial charge is 0.353 e. The number of nitrogens with zero attached hydrogens (tertiary/aromatic N) is 1. The molecule has 1 heterocycles. The van der Waals surface area contributed by atoms with E-state index in [0.29, 0.717) is 18.5 Å². The van der Waals surface area contributed by atoms with Gasteiger partial charge in [0.25, 0.3) is 0 Å². The van der Waals surface area contributed by atoms with Crippen molar-refractivity contribution in [3.05, 3.63) is 30.3 Å². The highest BCUT2D eigenvalue weighted by molar-refractivity contribution is 7.90. The smallest absolute Gasteiger partial charge is 0.243 e. The molecule has 1 unspecified atom stereocenters. The summed E-state index contributed by atoms with van der Waals surface area (Å²) in [4.78, 5) is 25.6. The highest BCUT2D eigenvalue weighted by atomic mass is 32.2. The molecule has 0 saturated carbocycles. The number of hydrogen-bond donors (Lipinski definition) is 1. The van der Waals surface area contributed by atoms with Crippen LogP contribution >= 0.6 is 0 Å². The molecule has 1 N–H and O–H groups in total. The molecular formula is C14H18N2O4S. The van der Waals surface area contributed by atoms with Crippen molar-refractivity contribution in [1.82, 2.24) is 5.32 Å². The number of carbonyl (C=O) groups is 2. The summed E-state index contributed by atoms with van der Waals surface area (Å²) >= 11 is 0. The van der Waals surface area contributed by atoms with Gasteiger partial charge in [-0.2, -0.15) is 0 Å². The Morgan fingerprint density at radius 3 is 2.62 bits per heavy atom. The fraction of sp³-hybridized carbons (Fsp3) is 0.429. The first-order valence-electron chi connectivity index (χ1n) is 6.71. The molecule has 0 aromatic heterocycles. The molecule has 1 aliphatic heterocycles. The van der Waals surface area contributed by atoms with E-state index in [1.165, 1.54) is 4.90 Å². The van der Waals surface area contributed by atoms with Crippen LogP contribution in [-0.2, 0) is 19.4 Å². The summed E-state index contributed by atoms with van der Waals surface area (Å²) in [5.41, 5.74) is 0.684. The van der Waals surface area contributed by atoms with Gasteiger partial charge in [0.15, 0.2) is 0 Å². The molecular weight excluding hydrogens is 292 g/mol. The Hall–Kier alpha value is -1.89. The van der Waals surface area contributed by atoms with E-state index in [-0.39, 0.29) is 24.1 Å². The lowest BCUT2D eigenvalue weighted by Crippen LogP contribution is -2.45. The molecule has 1 aliphatic rings. The molecule has 1 atom stereocenters. The third-order valence-electron chi connectivity index (χ3n) is 3.32. The van der Waals surface area contributed by atoms with Gasteiger partial charge < -0.3 is 5.32 Å². The van der Waals surface area contributed by atoms with Gasteiger partial charge in [0.2, 0.25) is 11.8 Å². The van der Waals surface area contributed by atoms with E-state index >= 15 is 0 Å². The molecule has 2 amide bonds. The maximum Gasteiger partial charge on any atom is 0.243 e. The molecule has 7 heteroatoms. The van der Waals surface area contributed by atoms with Gasteiger partial charge in [-0.15, -0.1) is 0 Å². The van der Waals surface area contributed by atoms with Crippen LogP contribution in [0.5, 0.6) is 0 Å². The molecule has 114 valence electrons. The van der Waals surface area contributed by atoms with Crippen LogP contribution in [0.3, 0.4) is 0 Å². The van der Waals surface area contributed by atoms with Gasteiger partial charge in [0, 0.05) is 24.9 Å². The third kappa shape index (κ3) is 4.04. The second-order valence-electron chi connectivity index (χ2n) is 5.07. The zero-order valence-corrected chi connectivity index (χ0v) is 12.6. The average Bonchev–Trinajstić information content (AvgIpc) is 2.80. The number of benzene rings is 1. The zero-order valence-electron chi connectivity index (χ0n) is 11.8. The number of nitrogens with one attached hydrogen (secondary N) is 1. The lowest BCUT2D eigenvalue weighted by atomic mass is 10.2. The first kappa shape index (κ1) is 15.5.